The van der Waals surface area contributed by atoms with Gasteiger partial charge in [-0.1, -0.05) is 39.5 Å². The van der Waals surface area contributed by atoms with E-state index in [2.05, 4.69) is 6.92 Å². The van der Waals surface area contributed by atoms with Crippen LogP contribution in [0.2, 0.25) is 0 Å². The van der Waals surface area contributed by atoms with Crippen molar-refractivity contribution in [3.8, 4) is 0 Å². The fourth-order valence-electron chi connectivity index (χ4n) is 3.20. The molecule has 0 bridgehead atoms. The molecule has 88 valence electrons. The van der Waals surface area contributed by atoms with Crippen molar-refractivity contribution in [2.24, 2.45) is 11.3 Å². The number of carboxylic acids is 1. The van der Waals surface area contributed by atoms with E-state index in [9.17, 15) is 9.90 Å². The van der Waals surface area contributed by atoms with E-state index >= 15 is 0 Å². The maximum absolute atomic E-state index is 11.5. The zero-order valence-electron chi connectivity index (χ0n) is 10.1. The molecule has 1 unspecified atom stereocenters. The molecule has 1 fully saturated rings. The summed E-state index contributed by atoms with van der Waals surface area (Å²) in [6.07, 6.45) is 8.62. The van der Waals surface area contributed by atoms with Gasteiger partial charge in [0.15, 0.2) is 0 Å². The highest BCUT2D eigenvalue weighted by atomic mass is 16.4. The van der Waals surface area contributed by atoms with Crippen LogP contribution in [-0.4, -0.2) is 11.1 Å². The van der Waals surface area contributed by atoms with Gasteiger partial charge in [-0.3, -0.25) is 4.79 Å². The molecule has 1 saturated carbocycles. The van der Waals surface area contributed by atoms with Gasteiger partial charge in [-0.25, -0.2) is 0 Å². The number of hydrogen-bond donors (Lipinski definition) is 1. The van der Waals surface area contributed by atoms with Gasteiger partial charge in [0.25, 0.3) is 0 Å². The monoisotopic (exact) mass is 212 g/mol. The van der Waals surface area contributed by atoms with E-state index in [0.29, 0.717) is 5.92 Å². The fraction of sp³-hybridized carbons (Fsp3) is 0.923. The van der Waals surface area contributed by atoms with E-state index in [-0.39, 0.29) is 0 Å². The zero-order valence-corrected chi connectivity index (χ0v) is 10.1. The summed E-state index contributed by atoms with van der Waals surface area (Å²) in [6.45, 7) is 4.13. The van der Waals surface area contributed by atoms with Gasteiger partial charge in [0, 0.05) is 0 Å². The summed E-state index contributed by atoms with van der Waals surface area (Å²) in [5.74, 6) is -0.132. The second-order valence-electron chi connectivity index (χ2n) is 4.90. The lowest BCUT2D eigenvalue weighted by Crippen LogP contribution is -2.39. The highest BCUT2D eigenvalue weighted by Crippen LogP contribution is 2.44. The average Bonchev–Trinajstić information content (AvgIpc) is 2.26. The maximum Gasteiger partial charge on any atom is 0.309 e. The normalized spacial score (nSPS) is 22.3. The number of carbonyl (C=O) groups is 1. The Labute approximate surface area is 93.1 Å². The number of hydrogen-bond acceptors (Lipinski definition) is 1. The summed E-state index contributed by atoms with van der Waals surface area (Å²) in [4.78, 5) is 11.5. The van der Waals surface area contributed by atoms with Crippen LogP contribution in [0.3, 0.4) is 0 Å². The molecule has 0 saturated heterocycles. The molecule has 2 nitrogen and oxygen atoms in total. The molecule has 0 aromatic rings. The SMILES string of the molecule is CCCC(CC)(C(=O)O)C1CCCCC1. The van der Waals surface area contributed by atoms with Gasteiger partial charge in [-0.05, 0) is 31.6 Å². The second kappa shape index (κ2) is 5.53. The minimum Gasteiger partial charge on any atom is -0.481 e. The Morgan fingerprint density at radius 1 is 1.27 bits per heavy atom. The van der Waals surface area contributed by atoms with Gasteiger partial charge in [-0.15, -0.1) is 0 Å². The number of aliphatic carboxylic acids is 1. The molecule has 0 aromatic carbocycles. The predicted molar refractivity (Wildman–Crippen MR) is 61.8 cm³/mol. The van der Waals surface area contributed by atoms with E-state index in [4.69, 9.17) is 0 Å². The molecule has 0 spiro atoms. The molecule has 1 N–H and O–H groups in total. The minimum absolute atomic E-state index is 0.421. The molecule has 0 heterocycles. The van der Waals surface area contributed by atoms with Gasteiger partial charge in [0.05, 0.1) is 5.41 Å². The van der Waals surface area contributed by atoms with Gasteiger partial charge in [-0.2, -0.15) is 0 Å². The molecule has 2 heteroatoms. The van der Waals surface area contributed by atoms with Crippen LogP contribution in [0.25, 0.3) is 0 Å². The Morgan fingerprint density at radius 2 is 1.87 bits per heavy atom. The van der Waals surface area contributed by atoms with Crippen LogP contribution in [-0.2, 0) is 4.79 Å². The first-order valence-electron chi connectivity index (χ1n) is 6.40. The summed E-state index contributed by atoms with van der Waals surface area (Å²) < 4.78 is 0. The molecule has 1 atom stereocenters. The van der Waals surface area contributed by atoms with E-state index in [1.165, 1.54) is 19.3 Å². The quantitative estimate of drug-likeness (QED) is 0.751. The van der Waals surface area contributed by atoms with Gasteiger partial charge >= 0.3 is 5.97 Å². The van der Waals surface area contributed by atoms with Gasteiger partial charge < -0.3 is 5.11 Å². The summed E-state index contributed by atoms with van der Waals surface area (Å²) >= 11 is 0. The molecule has 0 radical (unpaired) electrons. The molecule has 1 aliphatic carbocycles. The Morgan fingerprint density at radius 3 is 2.27 bits per heavy atom. The smallest absolute Gasteiger partial charge is 0.309 e. The maximum atomic E-state index is 11.5. The Hall–Kier alpha value is -0.530. The van der Waals surface area contributed by atoms with Crippen molar-refractivity contribution >= 4 is 5.97 Å². The van der Waals surface area contributed by atoms with Crippen molar-refractivity contribution in [2.75, 3.05) is 0 Å². The van der Waals surface area contributed by atoms with Crippen LogP contribution in [0, 0.1) is 11.3 Å². The Bertz CT molecular complexity index is 207. The van der Waals surface area contributed by atoms with E-state index in [1.807, 2.05) is 6.92 Å². The first kappa shape index (κ1) is 12.5. The third-order valence-electron chi connectivity index (χ3n) is 4.14. The number of rotatable bonds is 5. The molecular formula is C13H24O2. The van der Waals surface area contributed by atoms with Crippen LogP contribution < -0.4 is 0 Å². The molecule has 15 heavy (non-hydrogen) atoms. The van der Waals surface area contributed by atoms with Crippen molar-refractivity contribution in [2.45, 2.75) is 65.2 Å². The number of carboxylic acid groups (broad SMARTS) is 1. The van der Waals surface area contributed by atoms with Crippen molar-refractivity contribution < 1.29 is 9.90 Å². The van der Waals surface area contributed by atoms with Crippen molar-refractivity contribution in [1.82, 2.24) is 0 Å². The molecule has 1 rings (SSSR count). The lowest BCUT2D eigenvalue weighted by Gasteiger charge is -2.38. The molecule has 1 aliphatic rings. The van der Waals surface area contributed by atoms with Crippen LogP contribution in [0.4, 0.5) is 0 Å². The van der Waals surface area contributed by atoms with Gasteiger partial charge in [0.1, 0.15) is 0 Å². The third kappa shape index (κ3) is 2.53. The summed E-state index contributed by atoms with van der Waals surface area (Å²) in [7, 11) is 0. The summed E-state index contributed by atoms with van der Waals surface area (Å²) in [6, 6.07) is 0. The second-order valence-corrected chi connectivity index (χ2v) is 4.90. The van der Waals surface area contributed by atoms with Crippen LogP contribution in [0.15, 0.2) is 0 Å². The Balaban J connectivity index is 2.80. The topological polar surface area (TPSA) is 37.3 Å². The first-order chi connectivity index (χ1) is 7.17. The van der Waals surface area contributed by atoms with Crippen molar-refractivity contribution in [3.63, 3.8) is 0 Å². The van der Waals surface area contributed by atoms with Gasteiger partial charge in [0.2, 0.25) is 0 Å². The first-order valence-corrected chi connectivity index (χ1v) is 6.40. The summed E-state index contributed by atoms with van der Waals surface area (Å²) in [5.41, 5.74) is -0.421. The zero-order chi connectivity index (χ0) is 11.3. The largest absolute Gasteiger partial charge is 0.481 e. The minimum atomic E-state index is -0.557. The van der Waals surface area contributed by atoms with E-state index < -0.39 is 11.4 Å². The molecule has 0 aromatic heterocycles. The standard InChI is InChI=1S/C13H24O2/c1-3-10-13(4-2,12(14)15)11-8-6-5-7-9-11/h11H,3-10H2,1-2H3,(H,14,15). The van der Waals surface area contributed by atoms with E-state index in [1.54, 1.807) is 0 Å². The highest BCUT2D eigenvalue weighted by molar-refractivity contribution is 5.75. The van der Waals surface area contributed by atoms with Crippen molar-refractivity contribution in [1.29, 1.82) is 0 Å². The highest BCUT2D eigenvalue weighted by Gasteiger charge is 2.43. The molecule has 0 amide bonds. The van der Waals surface area contributed by atoms with Crippen LogP contribution in [0.5, 0.6) is 0 Å². The lowest BCUT2D eigenvalue weighted by molar-refractivity contribution is -0.154. The Kier molecular flexibility index (Phi) is 4.62. The lowest BCUT2D eigenvalue weighted by atomic mass is 9.65. The predicted octanol–water partition coefficient (Wildman–Crippen LogP) is 3.85. The van der Waals surface area contributed by atoms with Crippen molar-refractivity contribution in [3.05, 3.63) is 0 Å². The van der Waals surface area contributed by atoms with Crippen LogP contribution in [0.1, 0.15) is 65.2 Å². The average molecular weight is 212 g/mol. The summed E-state index contributed by atoms with van der Waals surface area (Å²) in [5, 5.41) is 9.51. The third-order valence-corrected chi connectivity index (χ3v) is 4.14. The molecular weight excluding hydrogens is 188 g/mol. The fourth-order valence-corrected chi connectivity index (χ4v) is 3.20. The van der Waals surface area contributed by atoms with Crippen LogP contribution >= 0.6 is 0 Å². The van der Waals surface area contributed by atoms with E-state index in [0.717, 1.165) is 32.1 Å². The molecule has 0 aliphatic heterocycles.